The third-order valence-corrected chi connectivity index (χ3v) is 4.21. The number of hydrogen-bond acceptors (Lipinski definition) is 7. The maximum Gasteiger partial charge on any atom is 0.338 e. The molecule has 2 rings (SSSR count). The maximum atomic E-state index is 11.9. The van der Waals surface area contributed by atoms with Crippen molar-refractivity contribution in [1.29, 1.82) is 0 Å². The van der Waals surface area contributed by atoms with Crippen LogP contribution in [-0.2, 0) is 4.74 Å². The Balaban J connectivity index is 2.31. The summed E-state index contributed by atoms with van der Waals surface area (Å²) < 4.78 is 6.46. The van der Waals surface area contributed by atoms with Crippen LogP contribution in [0.25, 0.3) is 0 Å². The first-order chi connectivity index (χ1) is 10.3. The smallest absolute Gasteiger partial charge is 0.338 e. The van der Waals surface area contributed by atoms with Gasteiger partial charge in [0.1, 0.15) is 5.82 Å². The zero-order valence-electron chi connectivity index (χ0n) is 12.3. The summed E-state index contributed by atoms with van der Waals surface area (Å²) in [6.45, 7) is 5.26. The van der Waals surface area contributed by atoms with E-state index in [4.69, 9.17) is 27.9 Å². The number of esters is 1. The minimum Gasteiger partial charge on any atom is -0.459 e. The number of aryl methyl sites for hydroxylation is 1. The molecule has 0 fully saturated rings. The highest BCUT2D eigenvalue weighted by atomic mass is 35.5. The number of nitrogens with two attached hydrogens (primary N) is 2. The quantitative estimate of drug-likeness (QED) is 0.498. The van der Waals surface area contributed by atoms with Crippen LogP contribution in [0.2, 0.25) is 5.02 Å². The van der Waals surface area contributed by atoms with E-state index in [1.54, 1.807) is 20.8 Å². The van der Waals surface area contributed by atoms with E-state index in [0.717, 1.165) is 0 Å². The van der Waals surface area contributed by atoms with E-state index in [1.165, 1.54) is 28.6 Å². The summed E-state index contributed by atoms with van der Waals surface area (Å²) in [7, 11) is 0. The number of rotatable bonds is 4. The number of halogens is 1. The molecule has 0 saturated carbocycles. The molecule has 1 aromatic heterocycles. The SMILES string of the molecule is Cc1nnc(Sc2c(N)cc(C(=O)OC(C)C)cc2Cl)n1N. The van der Waals surface area contributed by atoms with Crippen molar-refractivity contribution in [2.24, 2.45) is 0 Å². The van der Waals surface area contributed by atoms with Gasteiger partial charge in [0.2, 0.25) is 5.16 Å². The van der Waals surface area contributed by atoms with E-state index in [0.29, 0.717) is 32.1 Å². The second-order valence-corrected chi connectivity index (χ2v) is 6.22. The number of hydrogen-bond donors (Lipinski definition) is 2. The minimum absolute atomic E-state index is 0.222. The Morgan fingerprint density at radius 3 is 2.59 bits per heavy atom. The summed E-state index contributed by atoms with van der Waals surface area (Å²) in [5.41, 5.74) is 6.62. The van der Waals surface area contributed by atoms with Crippen LogP contribution in [0.3, 0.4) is 0 Å². The van der Waals surface area contributed by atoms with Gasteiger partial charge in [0.25, 0.3) is 0 Å². The Labute approximate surface area is 136 Å². The number of ether oxygens (including phenoxy) is 1. The van der Waals surface area contributed by atoms with Crippen LogP contribution in [0.1, 0.15) is 30.0 Å². The van der Waals surface area contributed by atoms with Crippen LogP contribution in [0.5, 0.6) is 0 Å². The van der Waals surface area contributed by atoms with Crippen molar-refractivity contribution >= 4 is 35.0 Å². The van der Waals surface area contributed by atoms with Crippen LogP contribution < -0.4 is 11.6 Å². The van der Waals surface area contributed by atoms with Crippen LogP contribution in [0.15, 0.2) is 22.2 Å². The summed E-state index contributed by atoms with van der Waals surface area (Å²) in [5, 5.41) is 8.56. The Bertz CT molecular complexity index is 693. The van der Waals surface area contributed by atoms with Gasteiger partial charge in [-0.1, -0.05) is 11.6 Å². The van der Waals surface area contributed by atoms with Gasteiger partial charge in [0.05, 0.1) is 21.6 Å². The number of nitrogens with zero attached hydrogens (tertiary/aromatic N) is 3. The van der Waals surface area contributed by atoms with Gasteiger partial charge in [-0.15, -0.1) is 10.2 Å². The molecule has 9 heteroatoms. The lowest BCUT2D eigenvalue weighted by atomic mass is 10.2. The first kappa shape index (κ1) is 16.4. The number of nitrogen functional groups attached to an aromatic ring is 2. The Morgan fingerprint density at radius 1 is 1.41 bits per heavy atom. The molecule has 4 N–H and O–H groups in total. The van der Waals surface area contributed by atoms with Crippen molar-refractivity contribution < 1.29 is 9.53 Å². The molecule has 0 aliphatic heterocycles. The standard InChI is InChI=1S/C13H16ClN5O2S/c1-6(2)21-12(20)8-4-9(14)11(10(15)5-8)22-13-18-17-7(3)19(13)16/h4-6H,15-16H2,1-3H3. The van der Waals surface area contributed by atoms with Gasteiger partial charge in [-0.25, -0.2) is 9.47 Å². The molecule has 0 unspecified atom stereocenters. The van der Waals surface area contributed by atoms with Crippen molar-refractivity contribution in [2.45, 2.75) is 36.9 Å². The third kappa shape index (κ3) is 3.45. The van der Waals surface area contributed by atoms with Crippen molar-refractivity contribution in [3.63, 3.8) is 0 Å². The van der Waals surface area contributed by atoms with Crippen LogP contribution in [0, 0.1) is 6.92 Å². The summed E-state index contributed by atoms with van der Waals surface area (Å²) >= 11 is 7.40. The predicted octanol–water partition coefficient (Wildman–Crippen LogP) is 2.25. The number of carbonyl (C=O) groups is 1. The van der Waals surface area contributed by atoms with Gasteiger partial charge in [0, 0.05) is 5.69 Å². The second-order valence-electron chi connectivity index (χ2n) is 4.83. The average molecular weight is 342 g/mol. The van der Waals surface area contributed by atoms with Gasteiger partial charge < -0.3 is 16.3 Å². The molecule has 7 nitrogen and oxygen atoms in total. The summed E-state index contributed by atoms with van der Waals surface area (Å²) in [6, 6.07) is 3.03. The van der Waals surface area contributed by atoms with Crippen molar-refractivity contribution in [1.82, 2.24) is 14.9 Å². The molecular weight excluding hydrogens is 326 g/mol. The van der Waals surface area contributed by atoms with E-state index in [1.807, 2.05) is 0 Å². The fourth-order valence-corrected chi connectivity index (χ4v) is 2.80. The Hall–Kier alpha value is -1.93. The summed E-state index contributed by atoms with van der Waals surface area (Å²) in [5.74, 6) is 5.89. The molecule has 1 aromatic carbocycles. The lowest BCUT2D eigenvalue weighted by molar-refractivity contribution is 0.0378. The molecule has 1 heterocycles. The van der Waals surface area contributed by atoms with Gasteiger partial charge in [-0.3, -0.25) is 0 Å². The summed E-state index contributed by atoms with van der Waals surface area (Å²) in [6.07, 6.45) is -0.222. The first-order valence-electron chi connectivity index (χ1n) is 6.44. The predicted molar refractivity (Wildman–Crippen MR) is 85.4 cm³/mol. The van der Waals surface area contributed by atoms with E-state index in [2.05, 4.69) is 10.2 Å². The van der Waals surface area contributed by atoms with E-state index in [9.17, 15) is 4.79 Å². The lowest BCUT2D eigenvalue weighted by Crippen LogP contribution is -2.12. The normalized spacial score (nSPS) is 11.0. The molecule has 0 aliphatic carbocycles. The maximum absolute atomic E-state index is 11.9. The number of benzene rings is 1. The number of anilines is 1. The van der Waals surface area contributed by atoms with Gasteiger partial charge >= 0.3 is 5.97 Å². The zero-order valence-corrected chi connectivity index (χ0v) is 13.9. The van der Waals surface area contributed by atoms with Crippen LogP contribution in [-0.4, -0.2) is 26.9 Å². The number of aromatic nitrogens is 3. The van der Waals surface area contributed by atoms with Crippen LogP contribution in [0.4, 0.5) is 5.69 Å². The molecular formula is C13H16ClN5O2S. The highest BCUT2D eigenvalue weighted by Crippen LogP contribution is 2.37. The molecule has 0 saturated heterocycles. The largest absolute Gasteiger partial charge is 0.459 e. The second kappa shape index (κ2) is 6.45. The molecule has 22 heavy (non-hydrogen) atoms. The first-order valence-corrected chi connectivity index (χ1v) is 7.64. The van der Waals surface area contributed by atoms with Crippen LogP contribution >= 0.6 is 23.4 Å². The molecule has 0 radical (unpaired) electrons. The molecule has 2 aromatic rings. The van der Waals surface area contributed by atoms with Crippen molar-refractivity contribution in [2.75, 3.05) is 11.6 Å². The molecule has 0 aliphatic rings. The highest BCUT2D eigenvalue weighted by molar-refractivity contribution is 7.99. The Kier molecular flexibility index (Phi) is 4.82. The topological polar surface area (TPSA) is 109 Å². The fraction of sp³-hybridized carbons (Fsp3) is 0.308. The highest BCUT2D eigenvalue weighted by Gasteiger charge is 2.17. The van der Waals surface area contributed by atoms with Crippen molar-refractivity contribution in [3.05, 3.63) is 28.5 Å². The lowest BCUT2D eigenvalue weighted by Gasteiger charge is -2.11. The molecule has 0 spiro atoms. The summed E-state index contributed by atoms with van der Waals surface area (Å²) in [4.78, 5) is 12.5. The molecule has 118 valence electrons. The molecule has 0 atom stereocenters. The monoisotopic (exact) mass is 341 g/mol. The molecule has 0 bridgehead atoms. The number of carbonyl (C=O) groups excluding carboxylic acids is 1. The Morgan fingerprint density at radius 2 is 2.09 bits per heavy atom. The fourth-order valence-electron chi connectivity index (χ4n) is 1.63. The van der Waals surface area contributed by atoms with E-state index < -0.39 is 5.97 Å². The third-order valence-electron chi connectivity index (χ3n) is 2.68. The zero-order chi connectivity index (χ0) is 16.4. The van der Waals surface area contributed by atoms with Crippen molar-refractivity contribution in [3.8, 4) is 0 Å². The van der Waals surface area contributed by atoms with Gasteiger partial charge in [0.15, 0.2) is 0 Å². The average Bonchev–Trinajstić information content (AvgIpc) is 2.73. The van der Waals surface area contributed by atoms with E-state index >= 15 is 0 Å². The minimum atomic E-state index is -0.474. The molecule has 0 amide bonds. The van der Waals surface area contributed by atoms with Gasteiger partial charge in [-0.2, -0.15) is 0 Å². The van der Waals surface area contributed by atoms with E-state index in [-0.39, 0.29) is 6.10 Å². The van der Waals surface area contributed by atoms with Gasteiger partial charge in [-0.05, 0) is 44.7 Å².